The van der Waals surface area contributed by atoms with Crippen molar-refractivity contribution in [1.82, 2.24) is 19.6 Å². The van der Waals surface area contributed by atoms with Crippen molar-refractivity contribution in [1.29, 1.82) is 0 Å². The second kappa shape index (κ2) is 7.39. The van der Waals surface area contributed by atoms with Gasteiger partial charge in [0.05, 0.1) is 35.8 Å². The molecule has 2 aromatic heterocycles. The number of hydrogen-bond donors (Lipinski definition) is 0. The fourth-order valence-electron chi connectivity index (χ4n) is 3.67. The molecule has 0 radical (unpaired) electrons. The molecule has 0 N–H and O–H groups in total. The third-order valence-corrected chi connectivity index (χ3v) is 4.93. The van der Waals surface area contributed by atoms with Gasteiger partial charge in [0.1, 0.15) is 12.1 Å². The summed E-state index contributed by atoms with van der Waals surface area (Å²) >= 11 is 0. The number of aromatic nitrogens is 3. The average Bonchev–Trinajstić information content (AvgIpc) is 3.33. The molecule has 3 heterocycles. The Kier molecular flexibility index (Phi) is 4.81. The lowest BCUT2D eigenvalue weighted by atomic mass is 10.1. The van der Waals surface area contributed by atoms with E-state index in [9.17, 15) is 4.79 Å². The predicted molar refractivity (Wildman–Crippen MR) is 96.8 cm³/mol. The summed E-state index contributed by atoms with van der Waals surface area (Å²) in [5.74, 6) is 0.812. The van der Waals surface area contributed by atoms with Gasteiger partial charge >= 0.3 is 0 Å². The van der Waals surface area contributed by atoms with E-state index < -0.39 is 0 Å². The maximum atomic E-state index is 13.1. The summed E-state index contributed by atoms with van der Waals surface area (Å²) in [6, 6.07) is 9.48. The minimum atomic E-state index is -0.00376. The van der Waals surface area contributed by atoms with E-state index in [0.717, 1.165) is 36.4 Å². The first-order chi connectivity index (χ1) is 12.8. The van der Waals surface area contributed by atoms with E-state index >= 15 is 0 Å². The van der Waals surface area contributed by atoms with Crippen molar-refractivity contribution in [2.75, 3.05) is 20.3 Å². The van der Waals surface area contributed by atoms with Crippen LogP contribution in [0.25, 0.3) is 10.9 Å². The van der Waals surface area contributed by atoms with Crippen molar-refractivity contribution in [3.05, 3.63) is 58.5 Å². The van der Waals surface area contributed by atoms with Gasteiger partial charge in [-0.2, -0.15) is 0 Å². The highest BCUT2D eigenvalue weighted by atomic mass is 16.5. The van der Waals surface area contributed by atoms with Crippen LogP contribution >= 0.6 is 0 Å². The van der Waals surface area contributed by atoms with Crippen LogP contribution in [0.3, 0.4) is 0 Å². The molecule has 0 saturated carbocycles. The van der Waals surface area contributed by atoms with Gasteiger partial charge in [0.15, 0.2) is 0 Å². The van der Waals surface area contributed by atoms with Crippen molar-refractivity contribution < 1.29 is 9.26 Å². The molecule has 26 heavy (non-hydrogen) atoms. The molecule has 1 aromatic carbocycles. The molecule has 136 valence electrons. The van der Waals surface area contributed by atoms with Gasteiger partial charge in [-0.3, -0.25) is 14.3 Å². The highest BCUT2D eigenvalue weighted by Gasteiger charge is 2.30. The van der Waals surface area contributed by atoms with E-state index in [4.69, 9.17) is 14.2 Å². The fraction of sp³-hybridized carbons (Fsp3) is 0.421. The fourth-order valence-corrected chi connectivity index (χ4v) is 3.67. The van der Waals surface area contributed by atoms with Crippen molar-refractivity contribution in [3.63, 3.8) is 0 Å². The van der Waals surface area contributed by atoms with Crippen molar-refractivity contribution in [3.8, 4) is 0 Å². The minimum absolute atomic E-state index is 0.00376. The Morgan fingerprint density at radius 3 is 3.00 bits per heavy atom. The average molecular weight is 354 g/mol. The maximum absolute atomic E-state index is 13.1. The molecular weight excluding hydrogens is 332 g/mol. The summed E-state index contributed by atoms with van der Waals surface area (Å²) in [7, 11) is 1.64. The molecule has 7 heteroatoms. The van der Waals surface area contributed by atoms with Gasteiger partial charge in [0.2, 0.25) is 0 Å². The van der Waals surface area contributed by atoms with E-state index in [1.807, 2.05) is 30.3 Å². The lowest BCUT2D eigenvalue weighted by Gasteiger charge is -2.25. The normalized spacial score (nSPS) is 18.0. The first kappa shape index (κ1) is 16.9. The lowest BCUT2D eigenvalue weighted by Crippen LogP contribution is -2.33. The largest absolute Gasteiger partial charge is 0.383 e. The number of methoxy groups -OCH3 is 1. The summed E-state index contributed by atoms with van der Waals surface area (Å²) in [5, 5.41) is 4.67. The molecule has 0 spiro atoms. The third kappa shape index (κ3) is 3.15. The number of ether oxygens (including phenoxy) is 1. The first-order valence-corrected chi connectivity index (χ1v) is 8.89. The van der Waals surface area contributed by atoms with Crippen LogP contribution in [-0.2, 0) is 17.8 Å². The smallest absolute Gasteiger partial charge is 0.261 e. The van der Waals surface area contributed by atoms with E-state index in [1.165, 1.54) is 0 Å². The summed E-state index contributed by atoms with van der Waals surface area (Å²) in [6.07, 6.45) is 3.62. The number of nitrogens with zero attached hydrogens (tertiary/aromatic N) is 4. The van der Waals surface area contributed by atoms with Crippen molar-refractivity contribution >= 4 is 10.9 Å². The number of rotatable bonds is 6. The van der Waals surface area contributed by atoms with Crippen LogP contribution in [0.2, 0.25) is 0 Å². The molecule has 7 nitrogen and oxygen atoms in total. The molecule has 1 aliphatic rings. The second-order valence-electron chi connectivity index (χ2n) is 6.56. The molecule has 1 saturated heterocycles. The molecule has 1 aliphatic heterocycles. The van der Waals surface area contributed by atoms with E-state index in [-0.39, 0.29) is 11.6 Å². The van der Waals surface area contributed by atoms with Crippen LogP contribution in [0.4, 0.5) is 0 Å². The van der Waals surface area contributed by atoms with Crippen LogP contribution in [0.1, 0.15) is 30.4 Å². The summed E-state index contributed by atoms with van der Waals surface area (Å²) in [6.45, 7) is 2.61. The Morgan fingerprint density at radius 1 is 1.31 bits per heavy atom. The number of benzene rings is 1. The number of hydrogen-bond acceptors (Lipinski definition) is 6. The monoisotopic (exact) mass is 354 g/mol. The predicted octanol–water partition coefficient (Wildman–Crippen LogP) is 2.37. The van der Waals surface area contributed by atoms with Gasteiger partial charge in [0.25, 0.3) is 5.56 Å². The zero-order chi connectivity index (χ0) is 17.9. The summed E-state index contributed by atoms with van der Waals surface area (Å²) < 4.78 is 11.9. The van der Waals surface area contributed by atoms with Crippen LogP contribution in [0.15, 0.2) is 45.9 Å². The Morgan fingerprint density at radius 2 is 2.19 bits per heavy atom. The first-order valence-electron chi connectivity index (χ1n) is 8.89. The van der Waals surface area contributed by atoms with E-state index in [1.54, 1.807) is 17.9 Å². The second-order valence-corrected chi connectivity index (χ2v) is 6.56. The van der Waals surface area contributed by atoms with Gasteiger partial charge in [-0.25, -0.2) is 4.98 Å². The molecular formula is C19H22N4O3. The highest BCUT2D eigenvalue weighted by Crippen LogP contribution is 2.32. The van der Waals surface area contributed by atoms with Gasteiger partial charge in [-0.05, 0) is 31.5 Å². The topological polar surface area (TPSA) is 73.4 Å². The standard InChI is InChI=1S/C19H22N4O3/c1-25-12-10-23-18(20-16-6-3-2-5-15(16)19(23)24)17-7-4-9-22(17)13-14-8-11-26-21-14/h2-3,5-6,8,11,17H,4,7,9-10,12-13H2,1H3. The Hall–Kier alpha value is -2.51. The molecule has 0 bridgehead atoms. The summed E-state index contributed by atoms with van der Waals surface area (Å²) in [5.41, 5.74) is 1.63. The third-order valence-electron chi connectivity index (χ3n) is 4.93. The van der Waals surface area contributed by atoms with Gasteiger partial charge in [-0.15, -0.1) is 0 Å². The Bertz CT molecular complexity index is 936. The van der Waals surface area contributed by atoms with Crippen LogP contribution in [0.5, 0.6) is 0 Å². The number of fused-ring (bicyclic) bond motifs is 1. The SMILES string of the molecule is COCCn1c(C2CCCN2Cc2ccon2)nc2ccccc2c1=O. The van der Waals surface area contributed by atoms with Crippen molar-refractivity contribution in [2.45, 2.75) is 32.0 Å². The zero-order valence-corrected chi connectivity index (χ0v) is 14.8. The molecule has 1 unspecified atom stereocenters. The quantitative estimate of drug-likeness (QED) is 0.677. The molecule has 0 amide bonds. The number of likely N-dealkylation sites (tertiary alicyclic amines) is 1. The van der Waals surface area contributed by atoms with Gasteiger partial charge in [-0.1, -0.05) is 17.3 Å². The molecule has 0 aliphatic carbocycles. The molecule has 1 fully saturated rings. The Labute approximate surface area is 151 Å². The van der Waals surface area contributed by atoms with Crippen LogP contribution in [0, 0.1) is 0 Å². The van der Waals surface area contributed by atoms with Gasteiger partial charge in [0, 0.05) is 19.7 Å². The van der Waals surface area contributed by atoms with Crippen LogP contribution < -0.4 is 5.56 Å². The van der Waals surface area contributed by atoms with E-state index in [0.29, 0.717) is 25.1 Å². The maximum Gasteiger partial charge on any atom is 0.261 e. The summed E-state index contributed by atoms with van der Waals surface area (Å²) in [4.78, 5) is 20.2. The molecule has 3 aromatic rings. The number of para-hydroxylation sites is 1. The minimum Gasteiger partial charge on any atom is -0.383 e. The highest BCUT2D eigenvalue weighted by molar-refractivity contribution is 5.77. The van der Waals surface area contributed by atoms with Gasteiger partial charge < -0.3 is 9.26 Å². The van der Waals surface area contributed by atoms with Crippen molar-refractivity contribution in [2.24, 2.45) is 0 Å². The van der Waals surface area contributed by atoms with Crippen LogP contribution in [-0.4, -0.2) is 39.9 Å². The zero-order valence-electron chi connectivity index (χ0n) is 14.8. The lowest BCUT2D eigenvalue weighted by molar-refractivity contribution is 0.178. The van der Waals surface area contributed by atoms with E-state index in [2.05, 4.69) is 10.1 Å². The molecule has 4 rings (SSSR count). The molecule has 1 atom stereocenters. The Balaban J connectivity index is 1.77.